The Morgan fingerprint density at radius 3 is 2.70 bits per heavy atom. The first-order chi connectivity index (χ1) is 9.00. The molecule has 1 saturated heterocycles. The third kappa shape index (κ3) is 3.51. The van der Waals surface area contributed by atoms with Gasteiger partial charge in [-0.3, -0.25) is 4.79 Å². The number of hydrogen-bond donors (Lipinski definition) is 1. The highest BCUT2D eigenvalue weighted by Crippen LogP contribution is 2.27. The summed E-state index contributed by atoms with van der Waals surface area (Å²) in [5.41, 5.74) is 8.05. The average Bonchev–Trinajstić information content (AvgIpc) is 2.39. The molecule has 0 bridgehead atoms. The monoisotopic (exact) mass is 298 g/mol. The van der Waals surface area contributed by atoms with Crippen molar-refractivity contribution in [2.24, 2.45) is 5.73 Å². The van der Waals surface area contributed by atoms with Crippen LogP contribution in [0.1, 0.15) is 31.1 Å². The molecular weight excluding hydrogens is 276 g/mol. The molecule has 1 aliphatic rings. The predicted octanol–water partition coefficient (Wildman–Crippen LogP) is 2.05. The lowest BCUT2D eigenvalue weighted by atomic mass is 10.0. The van der Waals surface area contributed by atoms with Crippen molar-refractivity contribution in [3.63, 3.8) is 0 Å². The quantitative estimate of drug-likeness (QED) is 0.909. The first-order valence-corrected chi connectivity index (χ1v) is 6.74. The largest absolute Gasteiger partial charge is 0.370 e. The number of rotatable bonds is 2. The van der Waals surface area contributed by atoms with Crippen LogP contribution in [-0.2, 0) is 9.53 Å². The van der Waals surface area contributed by atoms with Crippen molar-refractivity contribution < 1.29 is 9.53 Å². The zero-order chi connectivity index (χ0) is 14.0. The number of amides is 1. The van der Waals surface area contributed by atoms with Crippen molar-refractivity contribution in [2.45, 2.75) is 39.0 Å². The van der Waals surface area contributed by atoms with E-state index in [1.165, 1.54) is 5.56 Å². The summed E-state index contributed by atoms with van der Waals surface area (Å²) in [7, 11) is 0. The maximum absolute atomic E-state index is 12.1. The molecule has 0 spiro atoms. The molecule has 20 heavy (non-hydrogen) atoms. The Morgan fingerprint density at radius 2 is 2.10 bits per heavy atom. The van der Waals surface area contributed by atoms with Gasteiger partial charge in [-0.1, -0.05) is 24.3 Å². The van der Waals surface area contributed by atoms with Crippen LogP contribution in [0.2, 0.25) is 0 Å². The minimum Gasteiger partial charge on any atom is -0.370 e. The van der Waals surface area contributed by atoms with E-state index in [0.717, 1.165) is 5.56 Å². The van der Waals surface area contributed by atoms with Gasteiger partial charge < -0.3 is 15.4 Å². The highest BCUT2D eigenvalue weighted by Gasteiger charge is 2.32. The molecule has 0 aliphatic carbocycles. The highest BCUT2D eigenvalue weighted by molar-refractivity contribution is 5.85. The molecule has 5 heteroatoms. The second-order valence-electron chi connectivity index (χ2n) is 5.31. The van der Waals surface area contributed by atoms with Crippen molar-refractivity contribution in [3.8, 4) is 0 Å². The standard InChI is InChI=1S/C15H22N2O2.ClH/c1-10-6-4-5-7-13(10)14-8-17(11(2)9-19-14)15(18)12(3)16;/h4-7,11-12,14H,8-9,16H2,1-3H3;1H/t11?,12-,14?;/m0./s1. The van der Waals surface area contributed by atoms with E-state index in [1.54, 1.807) is 6.92 Å². The first-order valence-electron chi connectivity index (χ1n) is 6.74. The molecule has 1 aromatic rings. The maximum Gasteiger partial charge on any atom is 0.239 e. The zero-order valence-electron chi connectivity index (χ0n) is 12.2. The minimum atomic E-state index is -0.460. The maximum atomic E-state index is 12.1. The van der Waals surface area contributed by atoms with Crippen LogP contribution >= 0.6 is 12.4 Å². The third-order valence-electron chi connectivity index (χ3n) is 3.64. The second-order valence-corrected chi connectivity index (χ2v) is 5.31. The van der Waals surface area contributed by atoms with E-state index >= 15 is 0 Å². The highest BCUT2D eigenvalue weighted by atomic mass is 35.5. The van der Waals surface area contributed by atoms with E-state index in [1.807, 2.05) is 24.0 Å². The topological polar surface area (TPSA) is 55.6 Å². The van der Waals surface area contributed by atoms with E-state index in [4.69, 9.17) is 10.5 Å². The summed E-state index contributed by atoms with van der Waals surface area (Å²) in [4.78, 5) is 14.0. The molecule has 112 valence electrons. The Kier molecular flexibility index (Phi) is 5.99. The van der Waals surface area contributed by atoms with Crippen LogP contribution in [0.25, 0.3) is 0 Å². The van der Waals surface area contributed by atoms with E-state index in [0.29, 0.717) is 13.2 Å². The van der Waals surface area contributed by atoms with Gasteiger partial charge in [0, 0.05) is 0 Å². The van der Waals surface area contributed by atoms with Gasteiger partial charge in [-0.2, -0.15) is 0 Å². The molecule has 1 aromatic carbocycles. The van der Waals surface area contributed by atoms with Crippen LogP contribution < -0.4 is 5.73 Å². The lowest BCUT2D eigenvalue weighted by molar-refractivity contribution is -0.145. The summed E-state index contributed by atoms with van der Waals surface area (Å²) in [6.07, 6.45) is -0.0555. The summed E-state index contributed by atoms with van der Waals surface area (Å²) in [6, 6.07) is 7.76. The van der Waals surface area contributed by atoms with Crippen molar-refractivity contribution in [3.05, 3.63) is 35.4 Å². The first kappa shape index (κ1) is 17.0. The number of carbonyl (C=O) groups excluding carboxylic acids is 1. The summed E-state index contributed by atoms with van der Waals surface area (Å²) in [6.45, 7) is 6.92. The van der Waals surface area contributed by atoms with Crippen molar-refractivity contribution in [1.82, 2.24) is 4.90 Å². The SMILES string of the molecule is Cc1ccccc1C1CN(C(=O)[C@H](C)N)C(C)CO1.Cl. The van der Waals surface area contributed by atoms with E-state index in [2.05, 4.69) is 19.1 Å². The average molecular weight is 299 g/mol. The summed E-state index contributed by atoms with van der Waals surface area (Å²) in [5.74, 6) is -0.00520. The summed E-state index contributed by atoms with van der Waals surface area (Å²) < 4.78 is 5.88. The number of nitrogens with zero attached hydrogens (tertiary/aromatic N) is 1. The van der Waals surface area contributed by atoms with Crippen LogP contribution in [0.3, 0.4) is 0 Å². The van der Waals surface area contributed by atoms with Crippen LogP contribution in [-0.4, -0.2) is 36.0 Å². The molecule has 1 aliphatic heterocycles. The molecule has 1 amide bonds. The van der Waals surface area contributed by atoms with E-state index in [9.17, 15) is 4.79 Å². The molecule has 0 saturated carbocycles. The fraction of sp³-hybridized carbons (Fsp3) is 0.533. The summed E-state index contributed by atoms with van der Waals surface area (Å²) in [5, 5.41) is 0. The molecule has 2 N–H and O–H groups in total. The van der Waals surface area contributed by atoms with Gasteiger partial charge in [0.25, 0.3) is 0 Å². The second kappa shape index (κ2) is 7.07. The number of nitrogens with two attached hydrogens (primary N) is 1. The molecule has 4 nitrogen and oxygen atoms in total. The normalized spacial score (nSPS) is 23.9. The molecule has 0 radical (unpaired) electrons. The Morgan fingerprint density at radius 1 is 1.45 bits per heavy atom. The van der Waals surface area contributed by atoms with Gasteiger partial charge in [0.05, 0.1) is 25.2 Å². The van der Waals surface area contributed by atoms with Gasteiger partial charge in [-0.15, -0.1) is 12.4 Å². The molecule has 0 aromatic heterocycles. The molecule has 1 heterocycles. The number of benzene rings is 1. The summed E-state index contributed by atoms with van der Waals surface area (Å²) >= 11 is 0. The number of aryl methyl sites for hydroxylation is 1. The predicted molar refractivity (Wildman–Crippen MR) is 81.9 cm³/mol. The number of ether oxygens (including phenoxy) is 1. The lowest BCUT2D eigenvalue weighted by Crippen LogP contribution is -2.52. The molecular formula is C15H23ClN2O2. The van der Waals surface area contributed by atoms with E-state index in [-0.39, 0.29) is 30.5 Å². The van der Waals surface area contributed by atoms with Gasteiger partial charge in [0.2, 0.25) is 5.91 Å². The zero-order valence-corrected chi connectivity index (χ0v) is 13.0. The smallest absolute Gasteiger partial charge is 0.239 e. The van der Waals surface area contributed by atoms with Crippen molar-refractivity contribution >= 4 is 18.3 Å². The molecule has 3 atom stereocenters. The molecule has 2 rings (SSSR count). The van der Waals surface area contributed by atoms with E-state index < -0.39 is 6.04 Å². The van der Waals surface area contributed by atoms with Crippen LogP contribution in [0.15, 0.2) is 24.3 Å². The number of carbonyl (C=O) groups is 1. The molecule has 2 unspecified atom stereocenters. The van der Waals surface area contributed by atoms with Gasteiger partial charge in [0.15, 0.2) is 0 Å². The lowest BCUT2D eigenvalue weighted by Gasteiger charge is -2.39. The Balaban J connectivity index is 0.00000200. The Hall–Kier alpha value is -1.10. The van der Waals surface area contributed by atoms with Crippen LogP contribution in [0, 0.1) is 6.92 Å². The number of halogens is 1. The fourth-order valence-electron chi connectivity index (χ4n) is 2.46. The third-order valence-corrected chi connectivity index (χ3v) is 3.64. The van der Waals surface area contributed by atoms with Gasteiger partial charge >= 0.3 is 0 Å². The Labute approximate surface area is 126 Å². The fourth-order valence-corrected chi connectivity index (χ4v) is 2.46. The van der Waals surface area contributed by atoms with Crippen LogP contribution in [0.5, 0.6) is 0 Å². The van der Waals surface area contributed by atoms with Crippen molar-refractivity contribution in [2.75, 3.05) is 13.2 Å². The molecule has 1 fully saturated rings. The number of hydrogen-bond acceptors (Lipinski definition) is 3. The van der Waals surface area contributed by atoms with Crippen molar-refractivity contribution in [1.29, 1.82) is 0 Å². The van der Waals surface area contributed by atoms with Gasteiger partial charge in [0.1, 0.15) is 6.10 Å². The van der Waals surface area contributed by atoms with Gasteiger partial charge in [-0.25, -0.2) is 0 Å². The number of morpholine rings is 1. The van der Waals surface area contributed by atoms with Gasteiger partial charge in [-0.05, 0) is 31.9 Å². The Bertz CT molecular complexity index is 465. The van der Waals surface area contributed by atoms with Crippen LogP contribution in [0.4, 0.5) is 0 Å². The minimum absolute atomic E-state index is 0.